The largest absolute Gasteiger partial charge is 0.383 e. The van der Waals surface area contributed by atoms with E-state index in [2.05, 4.69) is 20.4 Å². The van der Waals surface area contributed by atoms with Crippen molar-refractivity contribution >= 4 is 50.7 Å². The fraction of sp³-hybridized carbons (Fsp3) is 0.200. The van der Waals surface area contributed by atoms with Gasteiger partial charge in [0.2, 0.25) is 5.91 Å². The summed E-state index contributed by atoms with van der Waals surface area (Å²) in [6, 6.07) is 5.71. The van der Waals surface area contributed by atoms with E-state index in [-0.39, 0.29) is 29.7 Å². The highest BCUT2D eigenvalue weighted by Gasteiger charge is 2.42. The molecule has 0 fully saturated rings. The molecule has 1 aliphatic heterocycles. The Bertz CT molecular complexity index is 1400. The van der Waals surface area contributed by atoms with E-state index in [0.29, 0.717) is 31.6 Å². The maximum atomic E-state index is 14.2. The molecule has 31 heavy (non-hydrogen) atoms. The first-order valence-corrected chi connectivity index (χ1v) is 10.5. The smallest absolute Gasteiger partial charge is 0.255 e. The van der Waals surface area contributed by atoms with Gasteiger partial charge in [-0.05, 0) is 31.5 Å². The molecule has 0 aliphatic carbocycles. The van der Waals surface area contributed by atoms with Gasteiger partial charge in [0.25, 0.3) is 5.95 Å². The second kappa shape index (κ2) is 6.69. The number of carbonyl (C=O) groups excluding carboxylic acids is 1. The molecule has 1 aliphatic rings. The van der Waals surface area contributed by atoms with Crippen molar-refractivity contribution in [1.82, 2.24) is 19.7 Å². The van der Waals surface area contributed by atoms with Gasteiger partial charge >= 0.3 is 0 Å². The van der Waals surface area contributed by atoms with Gasteiger partial charge in [-0.25, -0.2) is 8.78 Å². The number of anilines is 2. The Labute approximate surface area is 183 Å². The third-order valence-electron chi connectivity index (χ3n) is 5.34. The van der Waals surface area contributed by atoms with Crippen molar-refractivity contribution in [3.05, 3.63) is 57.1 Å². The Morgan fingerprint density at radius 3 is 2.84 bits per heavy atom. The van der Waals surface area contributed by atoms with Crippen LogP contribution in [0.3, 0.4) is 0 Å². The van der Waals surface area contributed by atoms with Crippen molar-refractivity contribution in [2.75, 3.05) is 11.1 Å². The SMILES string of the molecule is CC1(C)C(=O)Nc2nc(-n3nc(Cc4cccc(F)c4F)c4cc(Cl)sc43)nc(N)c21. The predicted octanol–water partition coefficient (Wildman–Crippen LogP) is 4.21. The van der Waals surface area contributed by atoms with Crippen molar-refractivity contribution in [2.45, 2.75) is 25.7 Å². The standard InChI is InChI=1S/C20H15ClF2N6OS/c1-20(2)13-15(24)25-19(27-16(13)26-18(20)30)29-17-9(7-12(21)31-17)11(28-29)6-8-4-3-5-10(22)14(8)23/h3-5,7H,6H2,1-2H3,(H3,24,25,26,27,30). The second-order valence-corrected chi connectivity index (χ2v) is 9.39. The molecule has 0 saturated carbocycles. The van der Waals surface area contributed by atoms with Crippen LogP contribution >= 0.6 is 22.9 Å². The molecule has 4 aromatic rings. The molecule has 0 atom stereocenters. The number of hydrogen-bond donors (Lipinski definition) is 2. The van der Waals surface area contributed by atoms with Crippen LogP contribution in [0.15, 0.2) is 24.3 Å². The first kappa shape index (κ1) is 19.8. The molecular formula is C20H15ClF2N6OS. The Morgan fingerprint density at radius 1 is 1.29 bits per heavy atom. The maximum Gasteiger partial charge on any atom is 0.255 e. The van der Waals surface area contributed by atoms with E-state index in [1.807, 2.05) is 0 Å². The highest BCUT2D eigenvalue weighted by Crippen LogP contribution is 2.40. The van der Waals surface area contributed by atoms with Gasteiger partial charge in [-0.1, -0.05) is 23.7 Å². The number of amides is 1. The average Bonchev–Trinajstić information content (AvgIpc) is 3.29. The molecule has 3 N–H and O–H groups in total. The van der Waals surface area contributed by atoms with Crippen LogP contribution in [0.2, 0.25) is 4.34 Å². The van der Waals surface area contributed by atoms with Crippen LogP contribution in [0, 0.1) is 11.6 Å². The number of benzene rings is 1. The van der Waals surface area contributed by atoms with Crippen LogP contribution in [-0.4, -0.2) is 25.7 Å². The summed E-state index contributed by atoms with van der Waals surface area (Å²) in [5.74, 6) is -1.45. The number of nitrogens with two attached hydrogens (primary N) is 1. The number of aromatic nitrogens is 4. The summed E-state index contributed by atoms with van der Waals surface area (Å²) in [6.07, 6.45) is 0.0460. The average molecular weight is 461 g/mol. The molecule has 1 aromatic carbocycles. The van der Waals surface area contributed by atoms with Gasteiger partial charge in [-0.15, -0.1) is 11.3 Å². The van der Waals surface area contributed by atoms with Crippen LogP contribution in [0.4, 0.5) is 20.4 Å². The second-order valence-electron chi connectivity index (χ2n) is 7.73. The van der Waals surface area contributed by atoms with Gasteiger partial charge < -0.3 is 11.1 Å². The molecule has 0 radical (unpaired) electrons. The molecule has 0 unspecified atom stereocenters. The van der Waals surface area contributed by atoms with Crippen molar-refractivity contribution < 1.29 is 13.6 Å². The zero-order valence-electron chi connectivity index (χ0n) is 16.3. The Morgan fingerprint density at radius 2 is 2.06 bits per heavy atom. The monoisotopic (exact) mass is 460 g/mol. The minimum Gasteiger partial charge on any atom is -0.383 e. The van der Waals surface area contributed by atoms with Gasteiger partial charge in [0.05, 0.1) is 21.0 Å². The number of rotatable bonds is 3. The summed E-state index contributed by atoms with van der Waals surface area (Å²) in [4.78, 5) is 21.7. The van der Waals surface area contributed by atoms with E-state index in [1.165, 1.54) is 28.2 Å². The third-order valence-corrected chi connectivity index (χ3v) is 6.57. The van der Waals surface area contributed by atoms with E-state index < -0.39 is 17.0 Å². The van der Waals surface area contributed by atoms with E-state index in [4.69, 9.17) is 17.3 Å². The fourth-order valence-corrected chi connectivity index (χ4v) is 4.90. The van der Waals surface area contributed by atoms with Crippen LogP contribution in [0.1, 0.15) is 30.7 Å². The lowest BCUT2D eigenvalue weighted by Crippen LogP contribution is -2.27. The molecule has 158 valence electrons. The number of hydrogen-bond acceptors (Lipinski definition) is 6. The molecular weight excluding hydrogens is 446 g/mol. The van der Waals surface area contributed by atoms with E-state index in [0.717, 1.165) is 6.07 Å². The van der Waals surface area contributed by atoms with E-state index in [1.54, 1.807) is 19.9 Å². The summed E-state index contributed by atoms with van der Waals surface area (Å²) in [7, 11) is 0. The van der Waals surface area contributed by atoms with Crippen LogP contribution < -0.4 is 11.1 Å². The zero-order chi connectivity index (χ0) is 22.1. The highest BCUT2D eigenvalue weighted by atomic mass is 35.5. The number of thiophene rings is 1. The molecule has 1 amide bonds. The Balaban J connectivity index is 1.66. The first-order valence-electron chi connectivity index (χ1n) is 9.26. The summed E-state index contributed by atoms with van der Waals surface area (Å²) < 4.78 is 29.8. The molecule has 4 heterocycles. The Hall–Kier alpha value is -3.11. The zero-order valence-corrected chi connectivity index (χ0v) is 17.9. The normalized spacial score (nSPS) is 14.8. The minimum atomic E-state index is -0.926. The molecule has 5 rings (SSSR count). The predicted molar refractivity (Wildman–Crippen MR) is 115 cm³/mol. The topological polar surface area (TPSA) is 98.7 Å². The number of carbonyl (C=O) groups is 1. The van der Waals surface area contributed by atoms with Gasteiger partial charge in [0.15, 0.2) is 11.6 Å². The van der Waals surface area contributed by atoms with Crippen molar-refractivity contribution in [2.24, 2.45) is 0 Å². The van der Waals surface area contributed by atoms with Crippen LogP contribution in [0.5, 0.6) is 0 Å². The van der Waals surface area contributed by atoms with Crippen LogP contribution in [-0.2, 0) is 16.6 Å². The van der Waals surface area contributed by atoms with E-state index in [9.17, 15) is 13.6 Å². The minimum absolute atomic E-state index is 0.0460. The first-order chi connectivity index (χ1) is 14.7. The quantitative estimate of drug-likeness (QED) is 0.477. The molecule has 11 heteroatoms. The lowest BCUT2D eigenvalue weighted by molar-refractivity contribution is -0.119. The maximum absolute atomic E-state index is 14.2. The van der Waals surface area contributed by atoms with Crippen molar-refractivity contribution in [3.63, 3.8) is 0 Å². The number of nitrogen functional groups attached to an aromatic ring is 1. The summed E-state index contributed by atoms with van der Waals surface area (Å²) in [6.45, 7) is 3.48. The van der Waals surface area contributed by atoms with Gasteiger partial charge in [-0.2, -0.15) is 19.7 Å². The lowest BCUT2D eigenvalue weighted by atomic mass is 9.87. The Kier molecular flexibility index (Phi) is 4.28. The van der Waals surface area contributed by atoms with Crippen LogP contribution in [0.25, 0.3) is 16.2 Å². The number of fused-ring (bicyclic) bond motifs is 2. The lowest BCUT2D eigenvalue weighted by Gasteiger charge is -2.16. The fourth-order valence-electron chi connectivity index (χ4n) is 3.71. The molecule has 7 nitrogen and oxygen atoms in total. The number of nitrogens with zero attached hydrogens (tertiary/aromatic N) is 4. The van der Waals surface area contributed by atoms with Crippen molar-refractivity contribution in [1.29, 1.82) is 0 Å². The summed E-state index contributed by atoms with van der Waals surface area (Å²) >= 11 is 7.46. The summed E-state index contributed by atoms with van der Waals surface area (Å²) in [5.41, 5.74) is 6.48. The highest BCUT2D eigenvalue weighted by molar-refractivity contribution is 7.22. The number of halogens is 3. The summed E-state index contributed by atoms with van der Waals surface area (Å²) in [5, 5.41) is 7.93. The third kappa shape index (κ3) is 2.97. The molecule has 0 spiro atoms. The molecule has 3 aromatic heterocycles. The van der Waals surface area contributed by atoms with Gasteiger partial charge in [-0.3, -0.25) is 4.79 Å². The molecule has 0 bridgehead atoms. The van der Waals surface area contributed by atoms with Crippen molar-refractivity contribution in [3.8, 4) is 5.95 Å². The number of nitrogens with one attached hydrogen (secondary N) is 1. The molecule has 0 saturated heterocycles. The van der Waals surface area contributed by atoms with Gasteiger partial charge in [0, 0.05) is 11.8 Å². The van der Waals surface area contributed by atoms with E-state index >= 15 is 0 Å². The van der Waals surface area contributed by atoms with Gasteiger partial charge in [0.1, 0.15) is 16.5 Å².